The Labute approximate surface area is 250 Å². The van der Waals surface area contributed by atoms with E-state index in [2.05, 4.69) is 93.1 Å². The van der Waals surface area contributed by atoms with Gasteiger partial charge in [0.15, 0.2) is 5.79 Å². The van der Waals surface area contributed by atoms with Gasteiger partial charge < -0.3 is 13.9 Å². The molecule has 5 nitrogen and oxygen atoms in total. The van der Waals surface area contributed by atoms with Crippen LogP contribution in [0.4, 0.5) is 0 Å². The Balaban J connectivity index is 1.58. The third kappa shape index (κ3) is 8.03. The number of ether oxygens (including phenoxy) is 2. The average molecular weight is 594 g/mol. The van der Waals surface area contributed by atoms with Crippen molar-refractivity contribution in [1.29, 1.82) is 0 Å². The molecule has 3 aromatic rings. The van der Waals surface area contributed by atoms with Crippen LogP contribution in [0.25, 0.3) is 0 Å². The molecule has 0 amide bonds. The molecule has 1 aliphatic heterocycles. The van der Waals surface area contributed by atoms with Crippen LogP contribution in [0.2, 0.25) is 5.04 Å². The largest absolute Gasteiger partial charge is 0.405 e. The highest BCUT2D eigenvalue weighted by molar-refractivity contribution is 7.83. The zero-order valence-electron chi connectivity index (χ0n) is 25.5. The maximum atomic E-state index is 13.4. The molecule has 3 atom stereocenters. The van der Waals surface area contributed by atoms with Gasteiger partial charge in [-0.3, -0.25) is 0 Å². The van der Waals surface area contributed by atoms with Gasteiger partial charge >= 0.3 is 0 Å². The van der Waals surface area contributed by atoms with Crippen molar-refractivity contribution in [3.63, 3.8) is 0 Å². The minimum atomic E-state index is -2.70. The summed E-state index contributed by atoms with van der Waals surface area (Å²) in [6.07, 6.45) is 3.20. The number of rotatable bonds is 13. The smallest absolute Gasteiger partial charge is 0.261 e. The van der Waals surface area contributed by atoms with Gasteiger partial charge in [0, 0.05) is 18.6 Å². The second kappa shape index (κ2) is 13.9. The lowest BCUT2D eigenvalue weighted by atomic mass is 10.0. The van der Waals surface area contributed by atoms with Gasteiger partial charge in [-0.1, -0.05) is 99.1 Å². The van der Waals surface area contributed by atoms with Crippen LogP contribution in [0, 0.1) is 6.92 Å². The molecular formula is C34H47NO4SSi. The predicted octanol–water partition coefficient (Wildman–Crippen LogP) is 6.26. The topological polar surface area (TPSA) is 56.8 Å². The van der Waals surface area contributed by atoms with Crippen LogP contribution in [0.15, 0.2) is 89.8 Å². The summed E-state index contributed by atoms with van der Waals surface area (Å²) in [6, 6.07) is 29.4. The van der Waals surface area contributed by atoms with E-state index < -0.39 is 25.1 Å². The molecule has 1 saturated heterocycles. The lowest BCUT2D eigenvalue weighted by Gasteiger charge is -2.45. The first-order chi connectivity index (χ1) is 19.5. The highest BCUT2D eigenvalue weighted by Crippen LogP contribution is 2.38. The standard InChI is InChI=1S/C34H47NO4SSi/c1-27-19-21-30(22-20-27)40(36)35-29(14-13-23-34(6)37-24-25-38-34)26-28(2)39-41(33(3,4)5,31-15-9-7-10-16-31)32-17-11-8-12-18-32/h7-12,15-22,28-29,35H,13-14,23-26H2,1-6H3/t28-,29-,40-/m1/s1. The quantitative estimate of drug-likeness (QED) is 0.238. The van der Waals surface area contributed by atoms with Gasteiger partial charge in [-0.15, -0.1) is 0 Å². The summed E-state index contributed by atoms with van der Waals surface area (Å²) >= 11 is 0. The minimum absolute atomic E-state index is 0.00430. The van der Waals surface area contributed by atoms with E-state index in [0.717, 1.165) is 36.1 Å². The zero-order chi connectivity index (χ0) is 29.5. The molecule has 0 saturated carbocycles. The van der Waals surface area contributed by atoms with E-state index in [-0.39, 0.29) is 17.2 Å². The molecule has 222 valence electrons. The van der Waals surface area contributed by atoms with Crippen LogP contribution in [-0.4, -0.2) is 43.7 Å². The third-order valence-corrected chi connectivity index (χ3v) is 14.4. The van der Waals surface area contributed by atoms with Crippen LogP contribution in [0.3, 0.4) is 0 Å². The molecule has 0 bridgehead atoms. The Kier molecular flexibility index (Phi) is 10.8. The number of nitrogens with one attached hydrogen (secondary N) is 1. The van der Waals surface area contributed by atoms with E-state index in [1.54, 1.807) is 0 Å². The Morgan fingerprint density at radius 1 is 0.927 bits per heavy atom. The van der Waals surface area contributed by atoms with E-state index in [0.29, 0.717) is 13.2 Å². The van der Waals surface area contributed by atoms with Crippen LogP contribution in [0.5, 0.6) is 0 Å². The summed E-state index contributed by atoms with van der Waals surface area (Å²) in [5.41, 5.74) is 1.15. The second-order valence-electron chi connectivity index (χ2n) is 12.4. The fourth-order valence-electron chi connectivity index (χ4n) is 5.92. The molecule has 1 fully saturated rings. The monoisotopic (exact) mass is 593 g/mol. The van der Waals surface area contributed by atoms with E-state index in [9.17, 15) is 4.21 Å². The maximum absolute atomic E-state index is 13.4. The van der Waals surface area contributed by atoms with Crippen LogP contribution in [0.1, 0.15) is 65.9 Å². The molecule has 1 heterocycles. The number of hydrogen-bond acceptors (Lipinski definition) is 4. The van der Waals surface area contributed by atoms with E-state index in [4.69, 9.17) is 13.9 Å². The van der Waals surface area contributed by atoms with Gasteiger partial charge in [0.05, 0.1) is 18.1 Å². The van der Waals surface area contributed by atoms with Crippen molar-refractivity contribution in [2.24, 2.45) is 0 Å². The van der Waals surface area contributed by atoms with Crippen LogP contribution >= 0.6 is 0 Å². The van der Waals surface area contributed by atoms with Crippen molar-refractivity contribution >= 4 is 29.7 Å². The highest BCUT2D eigenvalue weighted by Gasteiger charge is 2.51. The van der Waals surface area contributed by atoms with Crippen molar-refractivity contribution in [1.82, 2.24) is 4.72 Å². The average Bonchev–Trinajstić information content (AvgIpc) is 3.38. The molecule has 41 heavy (non-hydrogen) atoms. The highest BCUT2D eigenvalue weighted by atomic mass is 32.2. The molecule has 3 aromatic carbocycles. The minimum Gasteiger partial charge on any atom is -0.405 e. The normalized spacial score (nSPS) is 17.7. The zero-order valence-corrected chi connectivity index (χ0v) is 27.3. The van der Waals surface area contributed by atoms with E-state index in [1.807, 2.05) is 38.1 Å². The summed E-state index contributed by atoms with van der Waals surface area (Å²) < 4.78 is 35.9. The van der Waals surface area contributed by atoms with Crippen molar-refractivity contribution in [2.45, 2.75) is 95.1 Å². The van der Waals surface area contributed by atoms with Gasteiger partial charge in [-0.25, -0.2) is 8.93 Å². The molecule has 0 aromatic heterocycles. The number of hydrogen-bond donors (Lipinski definition) is 1. The molecule has 0 aliphatic carbocycles. The van der Waals surface area contributed by atoms with Crippen LogP contribution in [-0.2, 0) is 24.9 Å². The fraction of sp³-hybridized carbons (Fsp3) is 0.471. The lowest BCUT2D eigenvalue weighted by Crippen LogP contribution is -2.67. The molecule has 0 radical (unpaired) electrons. The Hall–Kier alpha value is -2.13. The first kappa shape index (κ1) is 31.8. The Morgan fingerprint density at radius 3 is 1.98 bits per heavy atom. The Morgan fingerprint density at radius 2 is 1.46 bits per heavy atom. The third-order valence-electron chi connectivity index (χ3n) is 8.00. The molecule has 1 aliphatic rings. The summed E-state index contributed by atoms with van der Waals surface area (Å²) in [4.78, 5) is 0.788. The van der Waals surface area contributed by atoms with Crippen LogP contribution < -0.4 is 15.1 Å². The van der Waals surface area contributed by atoms with E-state index in [1.165, 1.54) is 10.4 Å². The number of aryl methyl sites for hydroxylation is 1. The molecular weight excluding hydrogens is 547 g/mol. The van der Waals surface area contributed by atoms with E-state index >= 15 is 0 Å². The van der Waals surface area contributed by atoms with Gasteiger partial charge in [0.25, 0.3) is 8.32 Å². The summed E-state index contributed by atoms with van der Waals surface area (Å²) in [5, 5.41) is 2.42. The maximum Gasteiger partial charge on any atom is 0.261 e. The Bertz CT molecular complexity index is 1200. The SMILES string of the molecule is Cc1ccc([S@@](=O)N[C@H](CCCC2(C)OCCO2)C[C@@H](C)O[Si](c2ccccc2)(c2ccccc2)C(C)(C)C)cc1. The molecule has 0 spiro atoms. The molecule has 4 rings (SSSR count). The fourth-order valence-corrected chi connectivity index (χ4v) is 11.7. The second-order valence-corrected chi connectivity index (χ2v) is 17.9. The van der Waals surface area contributed by atoms with Crippen molar-refractivity contribution in [2.75, 3.05) is 13.2 Å². The molecule has 7 heteroatoms. The molecule has 1 N–H and O–H groups in total. The van der Waals surface area contributed by atoms with Crippen molar-refractivity contribution in [3.8, 4) is 0 Å². The van der Waals surface area contributed by atoms with Gasteiger partial charge in [-0.2, -0.15) is 0 Å². The van der Waals surface area contributed by atoms with Crippen molar-refractivity contribution in [3.05, 3.63) is 90.5 Å². The lowest BCUT2D eigenvalue weighted by molar-refractivity contribution is -0.147. The summed E-state index contributed by atoms with van der Waals surface area (Å²) in [7, 11) is -4.02. The first-order valence-corrected chi connectivity index (χ1v) is 17.9. The van der Waals surface area contributed by atoms with Gasteiger partial charge in [-0.05, 0) is 67.6 Å². The predicted molar refractivity (Wildman–Crippen MR) is 171 cm³/mol. The van der Waals surface area contributed by atoms with Gasteiger partial charge in [0.1, 0.15) is 11.0 Å². The molecule has 0 unspecified atom stereocenters. The number of benzene rings is 3. The summed E-state index contributed by atoms with van der Waals surface area (Å²) in [5.74, 6) is -0.530. The first-order valence-electron chi connectivity index (χ1n) is 14.8. The summed E-state index contributed by atoms with van der Waals surface area (Å²) in [6.45, 7) is 14.4. The van der Waals surface area contributed by atoms with Gasteiger partial charge in [0.2, 0.25) is 0 Å². The van der Waals surface area contributed by atoms with Crippen molar-refractivity contribution < 1.29 is 18.1 Å².